The minimum atomic E-state index is 0.103. The van der Waals surface area contributed by atoms with E-state index in [1.807, 2.05) is 13.1 Å². The summed E-state index contributed by atoms with van der Waals surface area (Å²) in [6.45, 7) is 7.64. The first-order valence-electron chi connectivity index (χ1n) is 6.06. The maximum Gasteiger partial charge on any atom is 0.185 e. The van der Waals surface area contributed by atoms with Crippen molar-refractivity contribution in [2.24, 2.45) is 11.7 Å². The molecule has 1 atom stereocenters. The summed E-state index contributed by atoms with van der Waals surface area (Å²) in [5, 5.41) is 1.16. The number of thiazole rings is 1. The first-order chi connectivity index (χ1) is 7.58. The number of nitrogens with zero attached hydrogens (tertiary/aromatic N) is 2. The summed E-state index contributed by atoms with van der Waals surface area (Å²) in [5.74, 6) is 0.684. The van der Waals surface area contributed by atoms with Crippen molar-refractivity contribution in [2.45, 2.75) is 45.7 Å². The van der Waals surface area contributed by atoms with E-state index in [0.29, 0.717) is 5.92 Å². The highest BCUT2D eigenvalue weighted by atomic mass is 32.1. The highest BCUT2D eigenvalue weighted by Crippen LogP contribution is 2.35. The Hall–Kier alpha value is -0.610. The predicted molar refractivity (Wildman–Crippen MR) is 69.9 cm³/mol. The predicted octanol–water partition coefficient (Wildman–Crippen LogP) is 2.79. The number of hydrogen-bond acceptors (Lipinski definition) is 4. The first kappa shape index (κ1) is 11.9. The maximum absolute atomic E-state index is 5.87. The van der Waals surface area contributed by atoms with Gasteiger partial charge >= 0.3 is 0 Å². The summed E-state index contributed by atoms with van der Waals surface area (Å²) in [7, 11) is 0. The maximum atomic E-state index is 5.87. The molecule has 16 heavy (non-hydrogen) atoms. The van der Waals surface area contributed by atoms with Crippen LogP contribution in [0.25, 0.3) is 0 Å². The zero-order valence-electron chi connectivity index (χ0n) is 10.3. The molecule has 1 saturated carbocycles. The third-order valence-corrected chi connectivity index (χ3v) is 3.99. The van der Waals surface area contributed by atoms with Gasteiger partial charge in [-0.3, -0.25) is 0 Å². The Morgan fingerprint density at radius 3 is 2.62 bits per heavy atom. The van der Waals surface area contributed by atoms with Gasteiger partial charge in [-0.25, -0.2) is 4.98 Å². The van der Waals surface area contributed by atoms with Crippen molar-refractivity contribution in [1.82, 2.24) is 4.98 Å². The largest absolute Gasteiger partial charge is 0.345 e. The molecule has 3 nitrogen and oxygen atoms in total. The molecule has 0 aliphatic heterocycles. The second-order valence-corrected chi connectivity index (χ2v) is 6.15. The third kappa shape index (κ3) is 2.74. The smallest absolute Gasteiger partial charge is 0.185 e. The lowest BCUT2D eigenvalue weighted by atomic mass is 10.2. The van der Waals surface area contributed by atoms with Crippen LogP contribution < -0.4 is 10.6 Å². The summed E-state index contributed by atoms with van der Waals surface area (Å²) in [4.78, 5) is 8.16. The van der Waals surface area contributed by atoms with Gasteiger partial charge in [-0.1, -0.05) is 13.8 Å². The quantitative estimate of drug-likeness (QED) is 0.859. The molecule has 0 radical (unpaired) electrons. The van der Waals surface area contributed by atoms with Crippen LogP contribution in [0.5, 0.6) is 0 Å². The summed E-state index contributed by atoms with van der Waals surface area (Å²) < 4.78 is 0. The van der Waals surface area contributed by atoms with E-state index in [4.69, 9.17) is 5.73 Å². The topological polar surface area (TPSA) is 42.2 Å². The number of nitrogens with two attached hydrogens (primary N) is 1. The molecule has 0 saturated heterocycles. The highest BCUT2D eigenvalue weighted by molar-refractivity contribution is 7.15. The average Bonchev–Trinajstić information content (AvgIpc) is 2.91. The molecular weight excluding hydrogens is 218 g/mol. The Labute approximate surface area is 102 Å². The summed E-state index contributed by atoms with van der Waals surface area (Å²) in [6.07, 6.45) is 4.57. The molecule has 1 heterocycles. The monoisotopic (exact) mass is 239 g/mol. The van der Waals surface area contributed by atoms with E-state index in [1.165, 1.54) is 17.7 Å². The van der Waals surface area contributed by atoms with Gasteiger partial charge in [0.05, 0.1) is 0 Å². The van der Waals surface area contributed by atoms with E-state index >= 15 is 0 Å². The van der Waals surface area contributed by atoms with Crippen molar-refractivity contribution >= 4 is 16.5 Å². The van der Waals surface area contributed by atoms with Crippen molar-refractivity contribution in [1.29, 1.82) is 0 Å². The van der Waals surface area contributed by atoms with Crippen LogP contribution in [0.4, 0.5) is 5.13 Å². The van der Waals surface area contributed by atoms with Crippen LogP contribution in [0, 0.1) is 5.92 Å². The molecule has 1 aromatic rings. The van der Waals surface area contributed by atoms with Gasteiger partial charge in [0.1, 0.15) is 0 Å². The number of anilines is 1. The molecule has 0 bridgehead atoms. The Balaban J connectivity index is 2.11. The Morgan fingerprint density at radius 1 is 1.50 bits per heavy atom. The van der Waals surface area contributed by atoms with Crippen LogP contribution in [-0.4, -0.2) is 17.6 Å². The fourth-order valence-corrected chi connectivity index (χ4v) is 2.73. The van der Waals surface area contributed by atoms with Crippen LogP contribution >= 0.6 is 11.3 Å². The van der Waals surface area contributed by atoms with Gasteiger partial charge in [-0.2, -0.15) is 0 Å². The molecule has 1 aromatic heterocycles. The van der Waals surface area contributed by atoms with Crippen molar-refractivity contribution in [2.75, 3.05) is 11.4 Å². The standard InChI is InChI=1S/C12H21N3S/c1-8(2)7-15(10-4-5-10)12-14-6-11(16-12)9(3)13/h6,8-10H,4-5,7,13H2,1-3H3. The number of rotatable bonds is 5. The molecule has 2 rings (SSSR count). The van der Waals surface area contributed by atoms with Gasteiger partial charge in [-0.15, -0.1) is 11.3 Å². The highest BCUT2D eigenvalue weighted by Gasteiger charge is 2.31. The van der Waals surface area contributed by atoms with Gasteiger partial charge in [-0.05, 0) is 25.7 Å². The molecule has 1 fully saturated rings. The van der Waals surface area contributed by atoms with Crippen molar-refractivity contribution < 1.29 is 0 Å². The molecule has 0 spiro atoms. The third-order valence-electron chi connectivity index (χ3n) is 2.76. The second-order valence-electron chi connectivity index (χ2n) is 5.11. The molecule has 2 N–H and O–H groups in total. The van der Waals surface area contributed by atoms with E-state index in [9.17, 15) is 0 Å². The lowest BCUT2D eigenvalue weighted by Crippen LogP contribution is -2.29. The molecule has 4 heteroatoms. The lowest BCUT2D eigenvalue weighted by molar-refractivity contribution is 0.606. The molecule has 1 aliphatic carbocycles. The van der Waals surface area contributed by atoms with Gasteiger partial charge in [0.15, 0.2) is 5.13 Å². The molecule has 1 unspecified atom stereocenters. The fraction of sp³-hybridized carbons (Fsp3) is 0.750. The van der Waals surface area contributed by atoms with E-state index in [-0.39, 0.29) is 6.04 Å². The molecule has 0 amide bonds. The van der Waals surface area contributed by atoms with Crippen LogP contribution in [0.3, 0.4) is 0 Å². The minimum absolute atomic E-state index is 0.103. The number of hydrogen-bond donors (Lipinski definition) is 1. The molecular formula is C12H21N3S. The van der Waals surface area contributed by atoms with Crippen molar-refractivity contribution in [3.63, 3.8) is 0 Å². The Bertz CT molecular complexity index is 342. The van der Waals surface area contributed by atoms with Crippen LogP contribution in [0.2, 0.25) is 0 Å². The molecule has 0 aromatic carbocycles. The van der Waals surface area contributed by atoms with Gasteiger partial charge < -0.3 is 10.6 Å². The SMILES string of the molecule is CC(C)CN(c1ncc(C(C)N)s1)C1CC1. The zero-order chi connectivity index (χ0) is 11.7. The Kier molecular flexibility index (Phi) is 3.50. The zero-order valence-corrected chi connectivity index (χ0v) is 11.1. The van der Waals surface area contributed by atoms with Crippen molar-refractivity contribution in [3.8, 4) is 0 Å². The number of aromatic nitrogens is 1. The van der Waals surface area contributed by atoms with E-state index in [0.717, 1.165) is 17.7 Å². The van der Waals surface area contributed by atoms with Crippen LogP contribution in [-0.2, 0) is 0 Å². The van der Waals surface area contributed by atoms with Crippen LogP contribution in [0.15, 0.2) is 6.20 Å². The lowest BCUT2D eigenvalue weighted by Gasteiger charge is -2.23. The van der Waals surface area contributed by atoms with Gasteiger partial charge in [0.25, 0.3) is 0 Å². The first-order valence-corrected chi connectivity index (χ1v) is 6.87. The average molecular weight is 239 g/mol. The fourth-order valence-electron chi connectivity index (χ4n) is 1.78. The minimum Gasteiger partial charge on any atom is -0.345 e. The molecule has 1 aliphatic rings. The van der Waals surface area contributed by atoms with Gasteiger partial charge in [0.2, 0.25) is 0 Å². The van der Waals surface area contributed by atoms with E-state index in [2.05, 4.69) is 23.7 Å². The van der Waals surface area contributed by atoms with Crippen LogP contribution in [0.1, 0.15) is 44.5 Å². The van der Waals surface area contributed by atoms with E-state index in [1.54, 1.807) is 11.3 Å². The summed E-state index contributed by atoms with van der Waals surface area (Å²) >= 11 is 1.75. The molecule has 90 valence electrons. The van der Waals surface area contributed by atoms with Gasteiger partial charge in [0, 0.05) is 29.7 Å². The Morgan fingerprint density at radius 2 is 2.19 bits per heavy atom. The summed E-state index contributed by atoms with van der Waals surface area (Å²) in [5.41, 5.74) is 5.87. The van der Waals surface area contributed by atoms with Crippen molar-refractivity contribution in [3.05, 3.63) is 11.1 Å². The normalized spacial score (nSPS) is 17.8. The summed E-state index contributed by atoms with van der Waals surface area (Å²) in [6, 6.07) is 0.834. The van der Waals surface area contributed by atoms with E-state index < -0.39 is 0 Å². The second kappa shape index (κ2) is 4.72.